The summed E-state index contributed by atoms with van der Waals surface area (Å²) in [5, 5.41) is 8.60. The lowest BCUT2D eigenvalue weighted by molar-refractivity contribution is 0.174. The summed E-state index contributed by atoms with van der Waals surface area (Å²) in [5.74, 6) is 7.91. The summed E-state index contributed by atoms with van der Waals surface area (Å²) in [6.07, 6.45) is 0. The monoisotopic (exact) mass is 320 g/mol. The van der Waals surface area contributed by atoms with E-state index in [1.807, 2.05) is 42.5 Å². The molecule has 2 heterocycles. The summed E-state index contributed by atoms with van der Waals surface area (Å²) >= 11 is 1.50. The Bertz CT molecular complexity index is 995. The van der Waals surface area contributed by atoms with Crippen LogP contribution in [0.25, 0.3) is 10.1 Å². The van der Waals surface area contributed by atoms with E-state index in [1.165, 1.54) is 11.3 Å². The predicted octanol–water partition coefficient (Wildman–Crippen LogP) is 3.31. The van der Waals surface area contributed by atoms with E-state index >= 15 is 0 Å². The van der Waals surface area contributed by atoms with Gasteiger partial charge in [-0.2, -0.15) is 0 Å². The van der Waals surface area contributed by atoms with Crippen LogP contribution in [0.4, 0.5) is 0 Å². The van der Waals surface area contributed by atoms with Gasteiger partial charge in [0.05, 0.1) is 4.88 Å². The zero-order valence-corrected chi connectivity index (χ0v) is 12.9. The molecule has 0 saturated heterocycles. The van der Waals surface area contributed by atoms with Crippen LogP contribution in [0, 0.1) is 17.3 Å². The van der Waals surface area contributed by atoms with Crippen molar-refractivity contribution in [1.29, 1.82) is 5.41 Å². The Morgan fingerprint density at radius 3 is 2.83 bits per heavy atom. The third-order valence-corrected chi connectivity index (χ3v) is 4.67. The highest BCUT2D eigenvalue weighted by atomic mass is 32.1. The topological polar surface area (TPSA) is 68.3 Å². The molecule has 4 rings (SSSR count). The van der Waals surface area contributed by atoms with Crippen molar-refractivity contribution in [2.24, 2.45) is 5.73 Å². The molecular weight excluding hydrogens is 308 g/mol. The molecular formula is C18H12N2O2S. The smallest absolute Gasteiger partial charge is 0.231 e. The van der Waals surface area contributed by atoms with E-state index in [9.17, 15) is 0 Å². The summed E-state index contributed by atoms with van der Waals surface area (Å²) < 4.78 is 11.7. The van der Waals surface area contributed by atoms with E-state index in [2.05, 4.69) is 11.8 Å². The number of hydrogen-bond acceptors (Lipinski definition) is 4. The summed E-state index contributed by atoms with van der Waals surface area (Å²) in [7, 11) is 0. The van der Waals surface area contributed by atoms with E-state index in [1.54, 1.807) is 0 Å². The molecule has 3 aromatic rings. The largest absolute Gasteiger partial charge is 0.454 e. The normalized spacial score (nSPS) is 12.0. The van der Waals surface area contributed by atoms with Crippen LogP contribution in [-0.4, -0.2) is 12.6 Å². The first-order valence-corrected chi connectivity index (χ1v) is 7.81. The molecule has 23 heavy (non-hydrogen) atoms. The molecule has 0 saturated carbocycles. The number of benzene rings is 2. The average molecular weight is 320 g/mol. The van der Waals surface area contributed by atoms with Gasteiger partial charge in [0.25, 0.3) is 0 Å². The fourth-order valence-electron chi connectivity index (χ4n) is 2.42. The van der Waals surface area contributed by atoms with Gasteiger partial charge in [0.2, 0.25) is 6.79 Å². The minimum atomic E-state index is 0.0841. The molecule has 0 radical (unpaired) electrons. The van der Waals surface area contributed by atoms with Crippen LogP contribution in [0.1, 0.15) is 16.0 Å². The quantitative estimate of drug-likeness (QED) is 0.410. The van der Waals surface area contributed by atoms with Gasteiger partial charge < -0.3 is 15.2 Å². The number of fused-ring (bicyclic) bond motifs is 2. The van der Waals surface area contributed by atoms with Crippen molar-refractivity contribution in [3.63, 3.8) is 0 Å². The number of amidine groups is 1. The van der Waals surface area contributed by atoms with Crippen molar-refractivity contribution < 1.29 is 9.47 Å². The molecule has 0 aliphatic carbocycles. The second-order valence-electron chi connectivity index (χ2n) is 5.06. The third kappa shape index (κ3) is 2.50. The molecule has 1 aliphatic heterocycles. The molecule has 0 atom stereocenters. The lowest BCUT2D eigenvalue weighted by Crippen LogP contribution is -2.08. The maximum absolute atomic E-state index is 7.57. The van der Waals surface area contributed by atoms with Crippen LogP contribution < -0.4 is 15.2 Å². The maximum atomic E-state index is 7.57. The Hall–Kier alpha value is -2.97. The zero-order valence-electron chi connectivity index (χ0n) is 12.1. The van der Waals surface area contributed by atoms with Gasteiger partial charge in [-0.15, -0.1) is 11.3 Å². The molecule has 4 nitrogen and oxygen atoms in total. The van der Waals surface area contributed by atoms with Crippen molar-refractivity contribution in [1.82, 2.24) is 0 Å². The van der Waals surface area contributed by atoms with Crippen LogP contribution in [0.15, 0.2) is 42.5 Å². The van der Waals surface area contributed by atoms with Gasteiger partial charge in [-0.3, -0.25) is 5.41 Å². The molecule has 0 bridgehead atoms. The Morgan fingerprint density at radius 2 is 1.96 bits per heavy atom. The lowest BCUT2D eigenvalue weighted by atomic mass is 10.1. The number of ether oxygens (including phenoxy) is 2. The van der Waals surface area contributed by atoms with Crippen molar-refractivity contribution >= 4 is 27.3 Å². The third-order valence-electron chi connectivity index (χ3n) is 3.54. The molecule has 3 N–H and O–H groups in total. The molecule has 0 amide bonds. The van der Waals surface area contributed by atoms with E-state index < -0.39 is 0 Å². The number of nitrogens with two attached hydrogens (primary N) is 1. The molecule has 0 unspecified atom stereocenters. The van der Waals surface area contributed by atoms with Crippen molar-refractivity contribution in [2.45, 2.75) is 0 Å². The van der Waals surface area contributed by atoms with Crippen molar-refractivity contribution in [2.75, 3.05) is 6.79 Å². The summed E-state index contributed by atoms with van der Waals surface area (Å²) in [4.78, 5) is 0.761. The average Bonchev–Trinajstić information content (AvgIpc) is 3.18. The first-order valence-electron chi connectivity index (χ1n) is 6.99. The maximum Gasteiger partial charge on any atom is 0.231 e. The SMILES string of the molecule is N=C(N)c1cc2c(C#Cc3ccc4c(c3)OCO4)cccc2s1. The van der Waals surface area contributed by atoms with Crippen molar-refractivity contribution in [3.05, 3.63) is 58.5 Å². The fourth-order valence-corrected chi connectivity index (χ4v) is 3.37. The molecule has 5 heteroatoms. The van der Waals surface area contributed by atoms with Crippen molar-refractivity contribution in [3.8, 4) is 23.3 Å². The first-order chi connectivity index (χ1) is 11.2. The second-order valence-corrected chi connectivity index (χ2v) is 6.14. The fraction of sp³-hybridized carbons (Fsp3) is 0.0556. The van der Waals surface area contributed by atoms with Crippen LogP contribution >= 0.6 is 11.3 Å². The number of nitrogens with one attached hydrogen (secondary N) is 1. The molecule has 1 aliphatic rings. The van der Waals surface area contributed by atoms with Crippen LogP contribution in [0.3, 0.4) is 0 Å². The van der Waals surface area contributed by atoms with E-state index in [-0.39, 0.29) is 12.6 Å². The molecule has 112 valence electrons. The first kappa shape index (κ1) is 13.7. The van der Waals surface area contributed by atoms with Gasteiger partial charge >= 0.3 is 0 Å². The van der Waals surface area contributed by atoms with Gasteiger partial charge in [-0.05, 0) is 36.4 Å². The molecule has 1 aromatic heterocycles. The van der Waals surface area contributed by atoms with E-state index in [4.69, 9.17) is 20.6 Å². The van der Waals surface area contributed by atoms with E-state index in [0.29, 0.717) is 0 Å². The minimum Gasteiger partial charge on any atom is -0.454 e. The van der Waals surface area contributed by atoms with Crippen LogP contribution in [-0.2, 0) is 0 Å². The number of rotatable bonds is 1. The van der Waals surface area contributed by atoms with Gasteiger partial charge in [-0.1, -0.05) is 17.9 Å². The predicted molar refractivity (Wildman–Crippen MR) is 91.4 cm³/mol. The Balaban J connectivity index is 1.75. The van der Waals surface area contributed by atoms with Crippen LogP contribution in [0.2, 0.25) is 0 Å². The number of nitrogen functional groups attached to an aromatic ring is 1. The second kappa shape index (κ2) is 5.34. The summed E-state index contributed by atoms with van der Waals surface area (Å²) in [6, 6.07) is 13.5. The standard InChI is InChI=1S/C18H12N2O2S/c19-18(20)17-9-13-12(2-1-3-16(13)23-17)6-4-11-5-7-14-15(8-11)22-10-21-14/h1-3,5,7-9H,10H2,(H3,19,20). The summed E-state index contributed by atoms with van der Waals surface area (Å²) in [6.45, 7) is 0.258. The Labute approximate surface area is 137 Å². The Kier molecular flexibility index (Phi) is 3.18. The number of thiophene rings is 1. The molecule has 0 fully saturated rings. The van der Waals surface area contributed by atoms with Gasteiger partial charge in [0, 0.05) is 21.2 Å². The Morgan fingerprint density at radius 1 is 1.09 bits per heavy atom. The summed E-state index contributed by atoms with van der Waals surface area (Å²) in [5.41, 5.74) is 7.37. The highest BCUT2D eigenvalue weighted by molar-refractivity contribution is 7.20. The van der Waals surface area contributed by atoms with Crippen LogP contribution in [0.5, 0.6) is 11.5 Å². The number of hydrogen-bond donors (Lipinski definition) is 2. The van der Waals surface area contributed by atoms with E-state index in [0.717, 1.165) is 37.6 Å². The minimum absolute atomic E-state index is 0.0841. The highest BCUT2D eigenvalue weighted by Crippen LogP contribution is 2.32. The zero-order chi connectivity index (χ0) is 15.8. The van der Waals surface area contributed by atoms with Gasteiger partial charge in [0.15, 0.2) is 11.5 Å². The van der Waals surface area contributed by atoms with Gasteiger partial charge in [-0.25, -0.2) is 0 Å². The molecule has 2 aromatic carbocycles. The molecule has 0 spiro atoms. The lowest BCUT2D eigenvalue weighted by Gasteiger charge is -1.96. The van der Waals surface area contributed by atoms with Gasteiger partial charge in [0.1, 0.15) is 5.84 Å². The highest BCUT2D eigenvalue weighted by Gasteiger charge is 2.12.